The third-order valence-corrected chi connectivity index (χ3v) is 5.34. The van der Waals surface area contributed by atoms with E-state index in [1.54, 1.807) is 7.11 Å². The van der Waals surface area contributed by atoms with Crippen molar-refractivity contribution < 1.29 is 14.3 Å². The molecule has 0 saturated carbocycles. The van der Waals surface area contributed by atoms with E-state index in [1.165, 1.54) is 11.3 Å². The van der Waals surface area contributed by atoms with Gasteiger partial charge in [0, 0.05) is 53.6 Å². The van der Waals surface area contributed by atoms with E-state index >= 15 is 0 Å². The van der Waals surface area contributed by atoms with E-state index in [9.17, 15) is 4.79 Å². The summed E-state index contributed by atoms with van der Waals surface area (Å²) in [5.41, 5.74) is 0. The molecule has 1 aromatic rings. The zero-order chi connectivity index (χ0) is 19.3. The summed E-state index contributed by atoms with van der Waals surface area (Å²) >= 11 is 1.46. The van der Waals surface area contributed by atoms with Crippen LogP contribution in [0.4, 0.5) is 0 Å². The summed E-state index contributed by atoms with van der Waals surface area (Å²) in [4.78, 5) is 19.3. The maximum absolute atomic E-state index is 11.9. The Bertz CT molecular complexity index is 557. The maximum Gasteiger partial charge on any atom is 0.261 e. The number of hydrogen-bond donors (Lipinski definition) is 2. The molecule has 0 radical (unpaired) electrons. The maximum atomic E-state index is 11.9. The van der Waals surface area contributed by atoms with Gasteiger partial charge in [-0.1, -0.05) is 6.07 Å². The average molecular weight is 397 g/mol. The van der Waals surface area contributed by atoms with Crippen LogP contribution in [-0.2, 0) is 9.47 Å². The van der Waals surface area contributed by atoms with Gasteiger partial charge in [-0.25, -0.2) is 0 Å². The number of hydrogen-bond acceptors (Lipinski definition) is 5. The smallest absolute Gasteiger partial charge is 0.261 e. The molecule has 0 aliphatic carbocycles. The van der Waals surface area contributed by atoms with Crippen molar-refractivity contribution in [2.24, 2.45) is 4.99 Å². The van der Waals surface area contributed by atoms with Crippen LogP contribution in [0.5, 0.6) is 0 Å². The van der Waals surface area contributed by atoms with Gasteiger partial charge in [0.2, 0.25) is 0 Å². The Morgan fingerprint density at radius 3 is 2.70 bits per heavy atom. The van der Waals surface area contributed by atoms with E-state index < -0.39 is 0 Å². The number of methoxy groups -OCH3 is 1. The molecule has 0 bridgehead atoms. The summed E-state index contributed by atoms with van der Waals surface area (Å²) < 4.78 is 11.0. The summed E-state index contributed by atoms with van der Waals surface area (Å²) in [6.45, 7) is 4.85. The lowest BCUT2D eigenvalue weighted by Crippen LogP contribution is -2.47. The van der Waals surface area contributed by atoms with E-state index in [0.29, 0.717) is 12.6 Å². The van der Waals surface area contributed by atoms with E-state index in [-0.39, 0.29) is 5.91 Å². The molecule has 0 unspecified atom stereocenters. The van der Waals surface area contributed by atoms with Crippen LogP contribution in [-0.4, -0.2) is 76.4 Å². The van der Waals surface area contributed by atoms with Gasteiger partial charge in [-0.2, -0.15) is 0 Å². The van der Waals surface area contributed by atoms with Crippen LogP contribution < -0.4 is 10.6 Å². The fourth-order valence-corrected chi connectivity index (χ4v) is 3.65. The summed E-state index contributed by atoms with van der Waals surface area (Å²) in [6.07, 6.45) is 4.18. The van der Waals surface area contributed by atoms with Gasteiger partial charge in [-0.05, 0) is 37.1 Å². The van der Waals surface area contributed by atoms with Crippen molar-refractivity contribution in [2.75, 3.05) is 53.6 Å². The highest BCUT2D eigenvalue weighted by molar-refractivity contribution is 7.12. The molecule has 0 atom stereocenters. The minimum absolute atomic E-state index is 0.00181. The van der Waals surface area contributed by atoms with Crippen molar-refractivity contribution in [3.8, 4) is 0 Å². The van der Waals surface area contributed by atoms with Crippen molar-refractivity contribution in [1.82, 2.24) is 15.5 Å². The number of carbonyl (C=O) groups is 1. The normalized spacial score (nSPS) is 15.8. The van der Waals surface area contributed by atoms with Crippen molar-refractivity contribution in [1.29, 1.82) is 0 Å². The molecule has 0 aromatic carbocycles. The molecule has 27 heavy (non-hydrogen) atoms. The number of nitrogens with zero attached hydrogens (tertiary/aromatic N) is 2. The molecule has 2 heterocycles. The Morgan fingerprint density at radius 1 is 1.26 bits per heavy atom. The second-order valence-corrected chi connectivity index (χ2v) is 7.41. The van der Waals surface area contributed by atoms with Crippen LogP contribution in [0.15, 0.2) is 22.5 Å². The van der Waals surface area contributed by atoms with Gasteiger partial charge < -0.3 is 25.0 Å². The molecular weight excluding hydrogens is 364 g/mol. The van der Waals surface area contributed by atoms with Crippen LogP contribution in [0.1, 0.15) is 35.4 Å². The van der Waals surface area contributed by atoms with Crippen molar-refractivity contribution >= 4 is 23.2 Å². The monoisotopic (exact) mass is 396 g/mol. The molecule has 2 N–H and O–H groups in total. The molecule has 0 spiro atoms. The first-order chi connectivity index (χ1) is 13.2. The number of carbonyl (C=O) groups excluding carboxylic acids is 1. The Hall–Kier alpha value is -1.64. The van der Waals surface area contributed by atoms with Crippen LogP contribution in [0, 0.1) is 0 Å². The van der Waals surface area contributed by atoms with E-state index in [1.807, 2.05) is 24.6 Å². The minimum atomic E-state index is 0.00181. The largest absolute Gasteiger partial charge is 0.385 e. The highest BCUT2D eigenvalue weighted by Gasteiger charge is 2.21. The molecule has 8 heteroatoms. The Labute approximate surface area is 166 Å². The van der Waals surface area contributed by atoms with Gasteiger partial charge in [0.1, 0.15) is 0 Å². The zero-order valence-corrected chi connectivity index (χ0v) is 17.2. The summed E-state index contributed by atoms with van der Waals surface area (Å²) in [5, 5.41) is 8.25. The number of aliphatic imine (C=N–C) groups is 1. The van der Waals surface area contributed by atoms with Crippen LogP contribution in [0.2, 0.25) is 0 Å². The third-order valence-electron chi connectivity index (χ3n) is 4.47. The number of guanidine groups is 1. The number of thiophene rings is 1. The predicted octanol–water partition coefficient (Wildman–Crippen LogP) is 1.96. The van der Waals surface area contributed by atoms with Crippen LogP contribution >= 0.6 is 11.3 Å². The lowest BCUT2D eigenvalue weighted by atomic mass is 10.1. The molecule has 2 rings (SSSR count). The topological polar surface area (TPSA) is 75.2 Å². The minimum Gasteiger partial charge on any atom is -0.385 e. The first-order valence-corrected chi connectivity index (χ1v) is 10.5. The number of amides is 1. The summed E-state index contributed by atoms with van der Waals surface area (Å²) in [5.74, 6) is 0.930. The molecule has 1 amide bonds. The third kappa shape index (κ3) is 7.86. The van der Waals surface area contributed by atoms with Crippen LogP contribution in [0.3, 0.4) is 0 Å². The second kappa shape index (κ2) is 12.7. The van der Waals surface area contributed by atoms with Crippen molar-refractivity contribution in [2.45, 2.75) is 31.8 Å². The molecule has 1 aliphatic rings. The lowest BCUT2D eigenvalue weighted by Gasteiger charge is -2.34. The average Bonchev–Trinajstić information content (AvgIpc) is 3.23. The van der Waals surface area contributed by atoms with Gasteiger partial charge >= 0.3 is 0 Å². The Balaban J connectivity index is 1.57. The molecule has 152 valence electrons. The van der Waals surface area contributed by atoms with Gasteiger partial charge in [0.15, 0.2) is 5.96 Å². The highest BCUT2D eigenvalue weighted by Crippen LogP contribution is 2.14. The van der Waals surface area contributed by atoms with Gasteiger partial charge in [-0.15, -0.1) is 11.3 Å². The molecule has 1 saturated heterocycles. The fraction of sp³-hybridized carbons (Fsp3) is 0.684. The van der Waals surface area contributed by atoms with Gasteiger partial charge in [-0.3, -0.25) is 9.79 Å². The summed E-state index contributed by atoms with van der Waals surface area (Å²) in [6, 6.07) is 3.73. The fourth-order valence-electron chi connectivity index (χ4n) is 3.01. The number of likely N-dealkylation sites (tertiary alicyclic amines) is 1. The first kappa shape index (κ1) is 21.7. The number of ether oxygens (including phenoxy) is 2. The highest BCUT2D eigenvalue weighted by atomic mass is 32.1. The molecule has 1 aliphatic heterocycles. The Morgan fingerprint density at radius 2 is 2.04 bits per heavy atom. The van der Waals surface area contributed by atoms with Gasteiger partial charge in [0.05, 0.1) is 11.0 Å². The first-order valence-electron chi connectivity index (χ1n) is 9.62. The lowest BCUT2D eigenvalue weighted by molar-refractivity contribution is 0.00991. The quantitative estimate of drug-likeness (QED) is 0.359. The molecular formula is C19H32N4O3S. The molecule has 1 aromatic heterocycles. The summed E-state index contributed by atoms with van der Waals surface area (Å²) in [7, 11) is 3.53. The Kier molecular flexibility index (Phi) is 10.2. The van der Waals surface area contributed by atoms with E-state index in [2.05, 4.69) is 20.5 Å². The second-order valence-electron chi connectivity index (χ2n) is 6.46. The SMILES string of the molecule is CN=C(NCCCNC(=O)c1cccs1)N1CCC(OCCCOC)CC1. The molecule has 7 nitrogen and oxygen atoms in total. The number of nitrogens with one attached hydrogen (secondary N) is 2. The van der Waals surface area contributed by atoms with Crippen molar-refractivity contribution in [3.63, 3.8) is 0 Å². The van der Waals surface area contributed by atoms with Gasteiger partial charge in [0.25, 0.3) is 5.91 Å². The van der Waals surface area contributed by atoms with Crippen LogP contribution in [0.25, 0.3) is 0 Å². The molecule has 1 fully saturated rings. The zero-order valence-electron chi connectivity index (χ0n) is 16.4. The van der Waals surface area contributed by atoms with E-state index in [0.717, 1.165) is 69.4 Å². The predicted molar refractivity (Wildman–Crippen MR) is 110 cm³/mol. The van der Waals surface area contributed by atoms with Crippen molar-refractivity contribution in [3.05, 3.63) is 22.4 Å². The van der Waals surface area contributed by atoms with E-state index in [4.69, 9.17) is 9.47 Å². The number of piperidine rings is 1. The number of rotatable bonds is 10. The standard InChI is InChI=1S/C19H32N4O3S/c1-20-19(22-10-4-9-21-18(24)17-6-3-15-27-17)23-11-7-16(8-12-23)26-14-5-13-25-2/h3,6,15-16H,4-5,7-14H2,1-2H3,(H,20,22)(H,21,24).